The number of fused-ring (bicyclic) bond motifs is 1. The highest BCUT2D eigenvalue weighted by Crippen LogP contribution is 2.31. The SMILES string of the molecule is Cn1ccc(C(=O)Nc2nc(-c3nc4ccccc4s3)cs2)n1. The minimum atomic E-state index is -0.268. The summed E-state index contributed by atoms with van der Waals surface area (Å²) in [6.45, 7) is 0. The maximum Gasteiger partial charge on any atom is 0.277 e. The molecule has 114 valence electrons. The third kappa shape index (κ3) is 2.73. The van der Waals surface area contributed by atoms with Crippen molar-refractivity contribution in [2.75, 3.05) is 5.32 Å². The molecule has 0 aliphatic carbocycles. The van der Waals surface area contributed by atoms with Crippen molar-refractivity contribution in [3.63, 3.8) is 0 Å². The fourth-order valence-electron chi connectivity index (χ4n) is 2.11. The summed E-state index contributed by atoms with van der Waals surface area (Å²) < 4.78 is 2.71. The number of amides is 1. The molecule has 0 spiro atoms. The van der Waals surface area contributed by atoms with E-state index in [-0.39, 0.29) is 5.91 Å². The van der Waals surface area contributed by atoms with Gasteiger partial charge in [-0.3, -0.25) is 14.8 Å². The molecule has 0 aliphatic rings. The third-order valence-corrected chi connectivity index (χ3v) is 5.00. The van der Waals surface area contributed by atoms with Gasteiger partial charge in [-0.15, -0.1) is 22.7 Å². The topological polar surface area (TPSA) is 72.7 Å². The van der Waals surface area contributed by atoms with Gasteiger partial charge in [0.15, 0.2) is 10.8 Å². The van der Waals surface area contributed by atoms with Gasteiger partial charge in [0, 0.05) is 18.6 Å². The number of hydrogen-bond donors (Lipinski definition) is 1. The molecule has 1 N–H and O–H groups in total. The minimum absolute atomic E-state index is 0.268. The van der Waals surface area contributed by atoms with E-state index in [0.29, 0.717) is 10.8 Å². The fraction of sp³-hybridized carbons (Fsp3) is 0.0667. The zero-order valence-corrected chi connectivity index (χ0v) is 13.7. The van der Waals surface area contributed by atoms with Crippen molar-refractivity contribution in [2.24, 2.45) is 7.05 Å². The standard InChI is InChI=1S/C15H11N5OS2/c1-20-7-6-10(19-20)13(21)18-15-17-11(8-22-15)14-16-9-4-2-3-5-12(9)23-14/h2-8H,1H3,(H,17,18,21). The molecular weight excluding hydrogens is 330 g/mol. The number of anilines is 1. The van der Waals surface area contributed by atoms with Gasteiger partial charge in [0.2, 0.25) is 0 Å². The number of aromatic nitrogens is 4. The molecule has 3 heterocycles. The molecule has 0 saturated carbocycles. The molecule has 4 rings (SSSR count). The first-order valence-corrected chi connectivity index (χ1v) is 8.51. The van der Waals surface area contributed by atoms with Crippen molar-refractivity contribution < 1.29 is 4.79 Å². The Morgan fingerprint density at radius 3 is 2.87 bits per heavy atom. The summed E-state index contributed by atoms with van der Waals surface area (Å²) >= 11 is 2.96. The fourth-order valence-corrected chi connectivity index (χ4v) is 3.80. The van der Waals surface area contributed by atoms with E-state index in [1.54, 1.807) is 35.3 Å². The molecule has 8 heteroatoms. The van der Waals surface area contributed by atoms with Crippen LogP contribution in [-0.2, 0) is 7.05 Å². The number of benzene rings is 1. The largest absolute Gasteiger partial charge is 0.296 e. The molecule has 0 aliphatic heterocycles. The molecule has 23 heavy (non-hydrogen) atoms. The first-order chi connectivity index (χ1) is 11.2. The molecule has 1 amide bonds. The zero-order chi connectivity index (χ0) is 15.8. The van der Waals surface area contributed by atoms with E-state index in [4.69, 9.17) is 0 Å². The van der Waals surface area contributed by atoms with Crippen molar-refractivity contribution in [2.45, 2.75) is 0 Å². The molecule has 0 saturated heterocycles. The Bertz CT molecular complexity index is 967. The van der Waals surface area contributed by atoms with E-state index >= 15 is 0 Å². The maximum absolute atomic E-state index is 12.1. The van der Waals surface area contributed by atoms with Crippen LogP contribution in [0, 0.1) is 0 Å². The van der Waals surface area contributed by atoms with Gasteiger partial charge in [-0.2, -0.15) is 5.10 Å². The van der Waals surface area contributed by atoms with E-state index in [9.17, 15) is 4.79 Å². The molecular formula is C15H11N5OS2. The van der Waals surface area contributed by atoms with Gasteiger partial charge in [-0.05, 0) is 18.2 Å². The number of thiazole rings is 2. The second kappa shape index (κ2) is 5.56. The second-order valence-electron chi connectivity index (χ2n) is 4.85. The van der Waals surface area contributed by atoms with Crippen molar-refractivity contribution in [3.05, 3.63) is 47.6 Å². The van der Waals surface area contributed by atoms with Gasteiger partial charge in [0.25, 0.3) is 5.91 Å². The zero-order valence-electron chi connectivity index (χ0n) is 12.1. The van der Waals surface area contributed by atoms with Gasteiger partial charge in [0.05, 0.1) is 10.2 Å². The van der Waals surface area contributed by atoms with Gasteiger partial charge in [0.1, 0.15) is 10.7 Å². The highest BCUT2D eigenvalue weighted by molar-refractivity contribution is 7.22. The lowest BCUT2D eigenvalue weighted by Gasteiger charge is -1.97. The monoisotopic (exact) mass is 341 g/mol. The van der Waals surface area contributed by atoms with E-state index in [2.05, 4.69) is 20.4 Å². The van der Waals surface area contributed by atoms with Crippen LogP contribution in [0.25, 0.3) is 20.9 Å². The smallest absolute Gasteiger partial charge is 0.277 e. The molecule has 1 aromatic carbocycles. The van der Waals surface area contributed by atoms with Gasteiger partial charge < -0.3 is 0 Å². The van der Waals surface area contributed by atoms with Crippen LogP contribution >= 0.6 is 22.7 Å². The normalized spacial score (nSPS) is 11.0. The maximum atomic E-state index is 12.1. The summed E-state index contributed by atoms with van der Waals surface area (Å²) in [5.74, 6) is -0.268. The van der Waals surface area contributed by atoms with Crippen molar-refractivity contribution in [1.29, 1.82) is 0 Å². The van der Waals surface area contributed by atoms with E-state index in [1.165, 1.54) is 11.3 Å². The molecule has 4 aromatic rings. The Balaban J connectivity index is 1.57. The summed E-state index contributed by atoms with van der Waals surface area (Å²) in [5.41, 5.74) is 2.09. The number of nitrogens with zero attached hydrogens (tertiary/aromatic N) is 4. The predicted octanol–water partition coefficient (Wildman–Crippen LogP) is 3.41. The number of carbonyl (C=O) groups is 1. The van der Waals surface area contributed by atoms with Crippen LogP contribution in [0.5, 0.6) is 0 Å². The lowest BCUT2D eigenvalue weighted by Crippen LogP contribution is -2.12. The number of carbonyl (C=O) groups excluding carboxylic acids is 1. The third-order valence-electron chi connectivity index (χ3n) is 3.18. The van der Waals surface area contributed by atoms with Crippen LogP contribution in [-0.4, -0.2) is 25.7 Å². The van der Waals surface area contributed by atoms with E-state index < -0.39 is 0 Å². The van der Waals surface area contributed by atoms with Crippen LogP contribution in [0.4, 0.5) is 5.13 Å². The highest BCUT2D eigenvalue weighted by atomic mass is 32.1. The lowest BCUT2D eigenvalue weighted by molar-refractivity contribution is 0.102. The molecule has 0 atom stereocenters. The van der Waals surface area contributed by atoms with Crippen molar-refractivity contribution in [1.82, 2.24) is 19.7 Å². The number of para-hydroxylation sites is 1. The Morgan fingerprint density at radius 2 is 2.09 bits per heavy atom. The first-order valence-electron chi connectivity index (χ1n) is 6.81. The van der Waals surface area contributed by atoms with Crippen molar-refractivity contribution in [3.8, 4) is 10.7 Å². The summed E-state index contributed by atoms with van der Waals surface area (Å²) in [4.78, 5) is 21.1. The summed E-state index contributed by atoms with van der Waals surface area (Å²) in [6, 6.07) is 9.63. The molecule has 0 unspecified atom stereocenters. The average molecular weight is 341 g/mol. The summed E-state index contributed by atoms with van der Waals surface area (Å²) in [7, 11) is 1.77. The number of rotatable bonds is 3. The number of hydrogen-bond acceptors (Lipinski definition) is 6. The molecule has 3 aromatic heterocycles. The quantitative estimate of drug-likeness (QED) is 0.620. The first kappa shape index (κ1) is 14.0. The lowest BCUT2D eigenvalue weighted by atomic mass is 10.3. The Kier molecular flexibility index (Phi) is 3.40. The van der Waals surface area contributed by atoms with E-state index in [1.807, 2.05) is 29.6 Å². The Labute approximate surface area is 139 Å². The van der Waals surface area contributed by atoms with Gasteiger partial charge in [-0.1, -0.05) is 12.1 Å². The van der Waals surface area contributed by atoms with Crippen LogP contribution in [0.1, 0.15) is 10.5 Å². The van der Waals surface area contributed by atoms with Crippen LogP contribution in [0.2, 0.25) is 0 Å². The van der Waals surface area contributed by atoms with Crippen LogP contribution in [0.3, 0.4) is 0 Å². The summed E-state index contributed by atoms with van der Waals surface area (Å²) in [5, 5.41) is 10.1. The van der Waals surface area contributed by atoms with E-state index in [0.717, 1.165) is 20.9 Å². The average Bonchev–Trinajstić information content (AvgIpc) is 3.25. The number of nitrogens with one attached hydrogen (secondary N) is 1. The predicted molar refractivity (Wildman–Crippen MR) is 91.9 cm³/mol. The van der Waals surface area contributed by atoms with Crippen molar-refractivity contribution >= 4 is 43.9 Å². The molecule has 6 nitrogen and oxygen atoms in total. The number of aryl methyl sites for hydroxylation is 1. The van der Waals surface area contributed by atoms with Crippen LogP contribution < -0.4 is 5.32 Å². The van der Waals surface area contributed by atoms with Gasteiger partial charge >= 0.3 is 0 Å². The highest BCUT2D eigenvalue weighted by Gasteiger charge is 2.14. The minimum Gasteiger partial charge on any atom is -0.296 e. The van der Waals surface area contributed by atoms with Crippen LogP contribution in [0.15, 0.2) is 41.9 Å². The second-order valence-corrected chi connectivity index (χ2v) is 6.74. The molecule has 0 fully saturated rings. The molecule has 0 bridgehead atoms. The molecule has 0 radical (unpaired) electrons. The van der Waals surface area contributed by atoms with Gasteiger partial charge in [-0.25, -0.2) is 9.97 Å². The summed E-state index contributed by atoms with van der Waals surface area (Å²) in [6.07, 6.45) is 1.73. The Hall–Kier alpha value is -2.58. The Morgan fingerprint density at radius 1 is 1.22 bits per heavy atom.